The maximum atomic E-state index is 12.6. The fourth-order valence-corrected chi connectivity index (χ4v) is 3.81. The van der Waals surface area contributed by atoms with Crippen LogP contribution in [0.1, 0.15) is 31.7 Å². The molecule has 3 rings (SSSR count). The molecule has 7 heteroatoms. The predicted octanol–water partition coefficient (Wildman–Crippen LogP) is 3.67. The van der Waals surface area contributed by atoms with E-state index in [9.17, 15) is 4.79 Å². The van der Waals surface area contributed by atoms with Crippen molar-refractivity contribution in [2.24, 2.45) is 7.05 Å². The summed E-state index contributed by atoms with van der Waals surface area (Å²) < 4.78 is 1.91. The van der Waals surface area contributed by atoms with Crippen LogP contribution in [0, 0.1) is 0 Å². The van der Waals surface area contributed by atoms with Crippen molar-refractivity contribution in [3.05, 3.63) is 60.4 Å². The van der Waals surface area contributed by atoms with Crippen LogP contribution in [0.4, 0.5) is 0 Å². The molecule has 28 heavy (non-hydrogen) atoms. The lowest BCUT2D eigenvalue weighted by Gasteiger charge is -2.18. The number of rotatable bonds is 8. The summed E-state index contributed by atoms with van der Waals surface area (Å²) in [7, 11) is 1.91. The van der Waals surface area contributed by atoms with Crippen molar-refractivity contribution >= 4 is 17.7 Å². The Bertz CT molecular complexity index is 898. The van der Waals surface area contributed by atoms with Crippen molar-refractivity contribution in [3.8, 4) is 11.4 Å². The second-order valence-corrected chi connectivity index (χ2v) is 7.93. The monoisotopic (exact) mass is 395 g/mol. The SMILES string of the molecule is CC[C@H](CNC(=O)[C@H](C)Sc1nnc(-c2ccncc2)n1C)c1ccccc1. The number of benzene rings is 1. The van der Waals surface area contributed by atoms with Crippen molar-refractivity contribution < 1.29 is 4.79 Å². The van der Waals surface area contributed by atoms with Crippen LogP contribution in [0.5, 0.6) is 0 Å². The first-order valence-electron chi connectivity index (χ1n) is 9.39. The van der Waals surface area contributed by atoms with Gasteiger partial charge in [-0.25, -0.2) is 0 Å². The van der Waals surface area contributed by atoms with E-state index >= 15 is 0 Å². The number of hydrogen-bond donors (Lipinski definition) is 1. The lowest BCUT2D eigenvalue weighted by atomic mass is 9.96. The van der Waals surface area contributed by atoms with Gasteiger partial charge in [0.1, 0.15) is 0 Å². The Labute approximate surface area is 169 Å². The van der Waals surface area contributed by atoms with E-state index in [4.69, 9.17) is 0 Å². The van der Waals surface area contributed by atoms with E-state index < -0.39 is 0 Å². The number of aromatic nitrogens is 4. The maximum absolute atomic E-state index is 12.6. The van der Waals surface area contributed by atoms with E-state index in [1.165, 1.54) is 17.3 Å². The average molecular weight is 396 g/mol. The normalized spacial score (nSPS) is 13.1. The fraction of sp³-hybridized carbons (Fsp3) is 0.333. The summed E-state index contributed by atoms with van der Waals surface area (Å²) in [6.07, 6.45) is 4.43. The second kappa shape index (κ2) is 9.50. The minimum Gasteiger partial charge on any atom is -0.355 e. The summed E-state index contributed by atoms with van der Waals surface area (Å²) in [5, 5.41) is 12.0. The number of carbonyl (C=O) groups excluding carboxylic acids is 1. The zero-order valence-electron chi connectivity index (χ0n) is 16.4. The molecule has 0 saturated carbocycles. The van der Waals surface area contributed by atoms with E-state index in [0.29, 0.717) is 17.6 Å². The van der Waals surface area contributed by atoms with Gasteiger partial charge in [0, 0.05) is 37.5 Å². The molecule has 0 aliphatic carbocycles. The zero-order chi connectivity index (χ0) is 19.9. The molecule has 0 aliphatic rings. The minimum absolute atomic E-state index is 0.00726. The van der Waals surface area contributed by atoms with Crippen molar-refractivity contribution in [2.75, 3.05) is 6.54 Å². The molecule has 6 nitrogen and oxygen atoms in total. The maximum Gasteiger partial charge on any atom is 0.233 e. The average Bonchev–Trinajstić information content (AvgIpc) is 3.10. The van der Waals surface area contributed by atoms with Gasteiger partial charge in [-0.2, -0.15) is 0 Å². The molecule has 2 aromatic heterocycles. The summed E-state index contributed by atoms with van der Waals surface area (Å²) in [6.45, 7) is 4.66. The van der Waals surface area contributed by atoms with Gasteiger partial charge in [-0.05, 0) is 31.0 Å². The molecule has 1 aromatic carbocycles. The lowest BCUT2D eigenvalue weighted by molar-refractivity contribution is -0.120. The highest BCUT2D eigenvalue weighted by Gasteiger charge is 2.20. The molecule has 0 fully saturated rings. The van der Waals surface area contributed by atoms with Crippen LogP contribution in [0.15, 0.2) is 60.0 Å². The fourth-order valence-electron chi connectivity index (χ4n) is 2.97. The van der Waals surface area contributed by atoms with E-state index in [1.54, 1.807) is 12.4 Å². The topological polar surface area (TPSA) is 72.7 Å². The first-order valence-corrected chi connectivity index (χ1v) is 10.3. The third-order valence-corrected chi connectivity index (χ3v) is 5.85. The van der Waals surface area contributed by atoms with Gasteiger partial charge < -0.3 is 9.88 Å². The van der Waals surface area contributed by atoms with Crippen LogP contribution in [-0.2, 0) is 11.8 Å². The van der Waals surface area contributed by atoms with E-state index in [2.05, 4.69) is 39.6 Å². The Hall–Kier alpha value is -2.67. The number of hydrogen-bond acceptors (Lipinski definition) is 5. The molecule has 3 aromatic rings. The number of nitrogens with zero attached hydrogens (tertiary/aromatic N) is 4. The molecule has 0 radical (unpaired) electrons. The van der Waals surface area contributed by atoms with E-state index in [-0.39, 0.29) is 11.2 Å². The highest BCUT2D eigenvalue weighted by molar-refractivity contribution is 8.00. The van der Waals surface area contributed by atoms with Gasteiger partial charge in [-0.15, -0.1) is 10.2 Å². The molecule has 0 saturated heterocycles. The van der Waals surface area contributed by atoms with Gasteiger partial charge >= 0.3 is 0 Å². The van der Waals surface area contributed by atoms with Crippen LogP contribution in [-0.4, -0.2) is 37.5 Å². The summed E-state index contributed by atoms with van der Waals surface area (Å²) in [6, 6.07) is 14.1. The van der Waals surface area contributed by atoms with Crippen molar-refractivity contribution in [2.45, 2.75) is 36.6 Å². The first kappa shape index (κ1) is 20.1. The van der Waals surface area contributed by atoms with E-state index in [0.717, 1.165) is 17.8 Å². The Morgan fingerprint density at radius 3 is 2.54 bits per heavy atom. The van der Waals surface area contributed by atoms with Crippen LogP contribution in [0.25, 0.3) is 11.4 Å². The van der Waals surface area contributed by atoms with E-state index in [1.807, 2.05) is 48.9 Å². The number of thioether (sulfide) groups is 1. The van der Waals surface area contributed by atoms with Gasteiger partial charge in [0.05, 0.1) is 5.25 Å². The summed E-state index contributed by atoms with van der Waals surface area (Å²) in [5.74, 6) is 1.08. The summed E-state index contributed by atoms with van der Waals surface area (Å²) >= 11 is 1.41. The Morgan fingerprint density at radius 1 is 1.14 bits per heavy atom. The van der Waals surface area contributed by atoms with Gasteiger partial charge in [-0.3, -0.25) is 9.78 Å². The molecule has 2 atom stereocenters. The largest absolute Gasteiger partial charge is 0.355 e. The molecular weight excluding hydrogens is 370 g/mol. The van der Waals surface area contributed by atoms with Crippen molar-refractivity contribution in [1.82, 2.24) is 25.1 Å². The first-order chi connectivity index (χ1) is 13.6. The molecule has 1 N–H and O–H groups in total. The Kier molecular flexibility index (Phi) is 6.81. The number of amides is 1. The minimum atomic E-state index is -0.263. The molecule has 0 aliphatic heterocycles. The highest BCUT2D eigenvalue weighted by Crippen LogP contribution is 2.25. The van der Waals surface area contributed by atoms with Crippen LogP contribution in [0.3, 0.4) is 0 Å². The summed E-state index contributed by atoms with van der Waals surface area (Å²) in [4.78, 5) is 16.6. The molecule has 1 amide bonds. The molecule has 0 spiro atoms. The molecule has 146 valence electrons. The molecular formula is C21H25N5OS. The van der Waals surface area contributed by atoms with Crippen molar-refractivity contribution in [1.29, 1.82) is 0 Å². The smallest absolute Gasteiger partial charge is 0.233 e. The van der Waals surface area contributed by atoms with Crippen molar-refractivity contribution in [3.63, 3.8) is 0 Å². The standard InChI is InChI=1S/C21H25N5OS/c1-4-16(17-8-6-5-7-9-17)14-23-20(27)15(2)28-21-25-24-19(26(21)3)18-10-12-22-13-11-18/h5-13,15-16H,4,14H2,1-3H3,(H,23,27)/t15-,16+/m0/s1. The second-order valence-electron chi connectivity index (χ2n) is 6.62. The van der Waals surface area contributed by atoms with Gasteiger partial charge in [-0.1, -0.05) is 49.0 Å². The zero-order valence-corrected chi connectivity index (χ0v) is 17.2. The molecule has 2 heterocycles. The number of carbonyl (C=O) groups is 1. The Morgan fingerprint density at radius 2 is 1.86 bits per heavy atom. The lowest BCUT2D eigenvalue weighted by Crippen LogP contribution is -2.34. The van der Waals surface area contributed by atoms with Gasteiger partial charge in [0.15, 0.2) is 11.0 Å². The number of nitrogens with one attached hydrogen (secondary N) is 1. The van der Waals surface area contributed by atoms with Gasteiger partial charge in [0.2, 0.25) is 5.91 Å². The Balaban J connectivity index is 1.59. The van der Waals surface area contributed by atoms with Gasteiger partial charge in [0.25, 0.3) is 0 Å². The molecule has 0 bridgehead atoms. The quantitative estimate of drug-likeness (QED) is 0.589. The van der Waals surface area contributed by atoms with Crippen LogP contribution >= 0.6 is 11.8 Å². The summed E-state index contributed by atoms with van der Waals surface area (Å²) in [5.41, 5.74) is 2.20. The molecule has 0 unspecified atom stereocenters. The third kappa shape index (κ3) is 4.78. The third-order valence-electron chi connectivity index (χ3n) is 4.71. The van der Waals surface area contributed by atoms with Crippen LogP contribution < -0.4 is 5.32 Å². The predicted molar refractivity (Wildman–Crippen MR) is 112 cm³/mol. The van der Waals surface area contributed by atoms with Crippen LogP contribution in [0.2, 0.25) is 0 Å². The number of pyridine rings is 1. The highest BCUT2D eigenvalue weighted by atomic mass is 32.2.